The molecule has 1 heterocycles. The van der Waals surface area contributed by atoms with Crippen molar-refractivity contribution in [1.82, 2.24) is 10.2 Å². The van der Waals surface area contributed by atoms with Crippen LogP contribution in [0, 0.1) is 5.41 Å². The highest BCUT2D eigenvalue weighted by molar-refractivity contribution is 6.01. The number of nitrogens with one attached hydrogen (secondary N) is 1. The second-order valence-corrected chi connectivity index (χ2v) is 7.47. The van der Waals surface area contributed by atoms with Gasteiger partial charge in [0.05, 0.1) is 0 Å². The van der Waals surface area contributed by atoms with Gasteiger partial charge < -0.3 is 10.2 Å². The molecule has 1 N–H and O–H groups in total. The average molecular weight is 268 g/mol. The van der Waals surface area contributed by atoms with E-state index in [1.54, 1.807) is 18.7 Å². The van der Waals surface area contributed by atoms with Crippen LogP contribution in [0.1, 0.15) is 61.3 Å². The Balaban J connectivity index is 3.04. The van der Waals surface area contributed by atoms with Gasteiger partial charge in [0.25, 0.3) is 0 Å². The highest BCUT2D eigenvalue weighted by Gasteiger charge is 2.51. The van der Waals surface area contributed by atoms with Crippen molar-refractivity contribution in [1.29, 1.82) is 0 Å². The monoisotopic (exact) mass is 268 g/mol. The number of hydrogen-bond donors (Lipinski definition) is 1. The van der Waals surface area contributed by atoms with Gasteiger partial charge in [-0.05, 0) is 39.0 Å². The first-order valence-electron chi connectivity index (χ1n) is 7.09. The Morgan fingerprint density at radius 2 is 1.68 bits per heavy atom. The van der Waals surface area contributed by atoms with Crippen molar-refractivity contribution in [3.05, 3.63) is 0 Å². The fourth-order valence-electron chi connectivity index (χ4n) is 2.30. The van der Waals surface area contributed by atoms with Crippen molar-refractivity contribution < 1.29 is 9.59 Å². The number of carbonyl (C=O) groups excluding carboxylic acids is 2. The summed E-state index contributed by atoms with van der Waals surface area (Å²) in [6, 6.07) is 0. The summed E-state index contributed by atoms with van der Waals surface area (Å²) in [5.41, 5.74) is -1.38. The van der Waals surface area contributed by atoms with Crippen molar-refractivity contribution in [2.24, 2.45) is 5.41 Å². The molecule has 4 heteroatoms. The largest absolute Gasteiger partial charge is 0.340 e. The topological polar surface area (TPSA) is 49.4 Å². The molecule has 1 aliphatic heterocycles. The Bertz CT molecular complexity index is 382. The van der Waals surface area contributed by atoms with Crippen LogP contribution in [0.25, 0.3) is 0 Å². The summed E-state index contributed by atoms with van der Waals surface area (Å²) >= 11 is 0. The first-order chi connectivity index (χ1) is 8.44. The van der Waals surface area contributed by atoms with Crippen LogP contribution in [-0.2, 0) is 9.59 Å². The highest BCUT2D eigenvalue weighted by Crippen LogP contribution is 2.31. The summed E-state index contributed by atoms with van der Waals surface area (Å²) in [7, 11) is 0. The van der Waals surface area contributed by atoms with E-state index in [0.29, 0.717) is 13.0 Å². The zero-order chi connectivity index (χ0) is 15.1. The lowest BCUT2D eigenvalue weighted by molar-refractivity contribution is -0.161. The lowest BCUT2D eigenvalue weighted by Gasteiger charge is -2.49. The van der Waals surface area contributed by atoms with E-state index in [-0.39, 0.29) is 17.2 Å². The second-order valence-electron chi connectivity index (χ2n) is 7.47. The van der Waals surface area contributed by atoms with Gasteiger partial charge in [-0.15, -0.1) is 0 Å². The molecule has 1 aliphatic rings. The molecule has 0 bridgehead atoms. The molecule has 1 saturated heterocycles. The molecule has 0 aromatic heterocycles. The highest BCUT2D eigenvalue weighted by atomic mass is 16.2. The zero-order valence-electron chi connectivity index (χ0n) is 13.4. The smallest absolute Gasteiger partial charge is 0.248 e. The predicted molar refractivity (Wildman–Crippen MR) is 76.7 cm³/mol. The molecule has 0 spiro atoms. The van der Waals surface area contributed by atoms with E-state index in [9.17, 15) is 9.59 Å². The minimum absolute atomic E-state index is 0.0145. The quantitative estimate of drug-likeness (QED) is 0.854. The molecule has 1 fully saturated rings. The fraction of sp³-hybridized carbons (Fsp3) is 0.867. The molecule has 1 unspecified atom stereocenters. The lowest BCUT2D eigenvalue weighted by Crippen LogP contribution is -2.73. The van der Waals surface area contributed by atoms with Crippen molar-refractivity contribution in [2.45, 2.75) is 72.4 Å². The molecule has 19 heavy (non-hydrogen) atoms. The van der Waals surface area contributed by atoms with Crippen LogP contribution in [0.15, 0.2) is 0 Å². The summed E-state index contributed by atoms with van der Waals surface area (Å²) in [5, 5.41) is 2.84. The zero-order valence-corrected chi connectivity index (χ0v) is 13.4. The molecular formula is C15H28N2O2. The van der Waals surface area contributed by atoms with Gasteiger partial charge in [-0.25, -0.2) is 0 Å². The van der Waals surface area contributed by atoms with Crippen molar-refractivity contribution >= 4 is 11.8 Å². The van der Waals surface area contributed by atoms with E-state index in [4.69, 9.17) is 0 Å². The molecule has 1 atom stereocenters. The number of nitrogens with zero attached hydrogens (tertiary/aromatic N) is 1. The maximum Gasteiger partial charge on any atom is 0.248 e. The first-order valence-corrected chi connectivity index (χ1v) is 7.09. The van der Waals surface area contributed by atoms with Crippen LogP contribution in [0.3, 0.4) is 0 Å². The molecule has 4 nitrogen and oxygen atoms in total. The van der Waals surface area contributed by atoms with Gasteiger partial charge in [0, 0.05) is 6.54 Å². The molecular weight excluding hydrogens is 240 g/mol. The van der Waals surface area contributed by atoms with E-state index < -0.39 is 11.1 Å². The van der Waals surface area contributed by atoms with Crippen LogP contribution < -0.4 is 5.32 Å². The van der Waals surface area contributed by atoms with Gasteiger partial charge in [-0.2, -0.15) is 0 Å². The summed E-state index contributed by atoms with van der Waals surface area (Å²) in [6.45, 7) is 14.4. The normalized spacial score (nSPS) is 27.4. The summed E-state index contributed by atoms with van der Waals surface area (Å²) in [5.74, 6) is -0.0331. The number of carbonyl (C=O) groups is 2. The Hall–Kier alpha value is -1.06. The van der Waals surface area contributed by atoms with Crippen LogP contribution in [0.5, 0.6) is 0 Å². The van der Waals surface area contributed by atoms with Crippen LogP contribution in [0.2, 0.25) is 0 Å². The van der Waals surface area contributed by atoms with E-state index in [1.807, 2.05) is 13.8 Å². The van der Waals surface area contributed by atoms with E-state index in [2.05, 4.69) is 26.1 Å². The van der Waals surface area contributed by atoms with Gasteiger partial charge in [-0.3, -0.25) is 9.59 Å². The molecule has 0 saturated carbocycles. The number of hydrogen-bond acceptors (Lipinski definition) is 2. The van der Waals surface area contributed by atoms with E-state index in [0.717, 1.165) is 6.42 Å². The van der Waals surface area contributed by atoms with Crippen molar-refractivity contribution in [3.63, 3.8) is 0 Å². The van der Waals surface area contributed by atoms with Gasteiger partial charge in [0.1, 0.15) is 11.1 Å². The third-order valence-corrected chi connectivity index (χ3v) is 4.06. The number of rotatable bonds is 3. The molecule has 1 rings (SSSR count). The SMILES string of the molecule is CCC1(C)C(=O)NC(C)(C)C(=O)N1CCC(C)(C)C. The Morgan fingerprint density at radius 3 is 2.11 bits per heavy atom. The van der Waals surface area contributed by atoms with Gasteiger partial charge >= 0.3 is 0 Å². The molecule has 0 radical (unpaired) electrons. The van der Waals surface area contributed by atoms with Gasteiger partial charge in [0.2, 0.25) is 11.8 Å². The third-order valence-electron chi connectivity index (χ3n) is 4.06. The minimum Gasteiger partial charge on any atom is -0.340 e. The molecule has 110 valence electrons. The summed E-state index contributed by atoms with van der Waals surface area (Å²) < 4.78 is 0. The van der Waals surface area contributed by atoms with E-state index >= 15 is 0 Å². The van der Waals surface area contributed by atoms with Crippen LogP contribution in [-0.4, -0.2) is 34.3 Å². The predicted octanol–water partition coefficient (Wildman–Crippen LogP) is 2.33. The summed E-state index contributed by atoms with van der Waals surface area (Å²) in [4.78, 5) is 26.7. The van der Waals surface area contributed by atoms with Gasteiger partial charge in [0.15, 0.2) is 0 Å². The Kier molecular flexibility index (Phi) is 4.04. The number of amides is 2. The maximum absolute atomic E-state index is 12.6. The molecule has 2 amide bonds. The maximum atomic E-state index is 12.6. The summed E-state index contributed by atoms with van der Waals surface area (Å²) in [6.07, 6.45) is 1.52. The first kappa shape index (κ1) is 16.0. The molecule has 0 aliphatic carbocycles. The van der Waals surface area contributed by atoms with Crippen LogP contribution in [0.4, 0.5) is 0 Å². The lowest BCUT2D eigenvalue weighted by atomic mass is 9.84. The van der Waals surface area contributed by atoms with Crippen molar-refractivity contribution in [3.8, 4) is 0 Å². The van der Waals surface area contributed by atoms with E-state index in [1.165, 1.54) is 0 Å². The fourth-order valence-corrected chi connectivity index (χ4v) is 2.30. The van der Waals surface area contributed by atoms with Gasteiger partial charge in [-0.1, -0.05) is 27.7 Å². The second kappa shape index (κ2) is 4.80. The minimum atomic E-state index is -0.802. The number of piperazine rings is 1. The van der Waals surface area contributed by atoms with Crippen molar-refractivity contribution in [2.75, 3.05) is 6.54 Å². The average Bonchev–Trinajstić information content (AvgIpc) is 2.24. The molecule has 0 aromatic rings. The Labute approximate surface area is 116 Å². The molecule has 0 aromatic carbocycles. The third kappa shape index (κ3) is 3.10. The van der Waals surface area contributed by atoms with Crippen LogP contribution >= 0.6 is 0 Å². The Morgan fingerprint density at radius 1 is 1.16 bits per heavy atom. The standard InChI is InChI=1S/C15H28N2O2/c1-8-15(7)11(18)16-14(5,6)12(19)17(15)10-9-13(2,3)4/h8-10H2,1-7H3,(H,16,18).